The van der Waals surface area contributed by atoms with Gasteiger partial charge >= 0.3 is 5.69 Å². The van der Waals surface area contributed by atoms with Gasteiger partial charge in [-0.15, -0.1) is 0 Å². The van der Waals surface area contributed by atoms with Crippen molar-refractivity contribution in [1.29, 1.82) is 0 Å². The van der Waals surface area contributed by atoms with Crippen molar-refractivity contribution < 1.29 is 4.79 Å². The first-order valence-corrected chi connectivity index (χ1v) is 11.1. The Bertz CT molecular complexity index is 1070. The molecule has 7 heteroatoms. The Morgan fingerprint density at radius 1 is 1.10 bits per heavy atom. The third-order valence-corrected chi connectivity index (χ3v) is 6.18. The molecule has 1 amide bonds. The van der Waals surface area contributed by atoms with Crippen molar-refractivity contribution >= 4 is 17.7 Å². The molecule has 6 nitrogen and oxygen atoms in total. The van der Waals surface area contributed by atoms with Crippen molar-refractivity contribution in [2.24, 2.45) is 0 Å². The molecule has 1 aromatic carbocycles. The van der Waals surface area contributed by atoms with Gasteiger partial charge in [-0.25, -0.2) is 4.79 Å². The summed E-state index contributed by atoms with van der Waals surface area (Å²) in [5, 5.41) is 3.65. The highest BCUT2D eigenvalue weighted by Gasteiger charge is 2.22. The van der Waals surface area contributed by atoms with Gasteiger partial charge in [0, 0.05) is 24.0 Å². The maximum absolute atomic E-state index is 12.7. The molecule has 2 aromatic heterocycles. The van der Waals surface area contributed by atoms with E-state index in [1.807, 2.05) is 48.5 Å². The Labute approximate surface area is 179 Å². The van der Waals surface area contributed by atoms with Gasteiger partial charge in [0.25, 0.3) is 0 Å². The van der Waals surface area contributed by atoms with Crippen LogP contribution in [0.5, 0.6) is 0 Å². The first-order valence-electron chi connectivity index (χ1n) is 10.2. The first kappa shape index (κ1) is 20.3. The Morgan fingerprint density at radius 2 is 1.93 bits per heavy atom. The molecule has 30 heavy (non-hydrogen) atoms. The predicted molar refractivity (Wildman–Crippen MR) is 118 cm³/mol. The highest BCUT2D eigenvalue weighted by atomic mass is 32.2. The Balaban J connectivity index is 1.39. The van der Waals surface area contributed by atoms with E-state index in [1.165, 1.54) is 17.3 Å². The average molecular weight is 421 g/mol. The number of thioether (sulfide) groups is 1. The lowest BCUT2D eigenvalue weighted by Crippen LogP contribution is -2.29. The van der Waals surface area contributed by atoms with E-state index < -0.39 is 0 Å². The second kappa shape index (κ2) is 9.71. The second-order valence-electron chi connectivity index (χ2n) is 7.26. The molecule has 0 fully saturated rings. The van der Waals surface area contributed by atoms with E-state index in [2.05, 4.69) is 15.3 Å². The minimum atomic E-state index is -0.270. The Kier molecular flexibility index (Phi) is 6.59. The molecule has 154 valence electrons. The van der Waals surface area contributed by atoms with Crippen molar-refractivity contribution in [2.75, 3.05) is 12.3 Å². The van der Waals surface area contributed by atoms with Crippen LogP contribution in [0.4, 0.5) is 0 Å². The summed E-state index contributed by atoms with van der Waals surface area (Å²) in [5.74, 6) is 0.222. The molecule has 0 aliphatic heterocycles. The standard InChI is InChI=1S/C23H24N4O2S/c28-21(25-14-12-17-7-2-1-3-8-17)16-30-22-19-10-6-11-20(19)27(23(29)26-22)15-18-9-4-5-13-24-18/h1-5,7-9,13H,6,10-12,14-16H2,(H,25,28). The number of nitrogens with one attached hydrogen (secondary N) is 1. The zero-order chi connectivity index (χ0) is 20.8. The van der Waals surface area contributed by atoms with E-state index >= 15 is 0 Å². The smallest absolute Gasteiger partial charge is 0.349 e. The average Bonchev–Trinajstić information content (AvgIpc) is 3.26. The maximum atomic E-state index is 12.7. The number of aromatic nitrogens is 3. The van der Waals surface area contributed by atoms with Crippen LogP contribution in [0.25, 0.3) is 0 Å². The first-order chi connectivity index (χ1) is 14.7. The number of carbonyl (C=O) groups excluding carboxylic acids is 1. The summed E-state index contributed by atoms with van der Waals surface area (Å²) in [6, 6.07) is 15.8. The van der Waals surface area contributed by atoms with E-state index in [9.17, 15) is 9.59 Å². The van der Waals surface area contributed by atoms with Crippen LogP contribution < -0.4 is 11.0 Å². The molecule has 2 heterocycles. The highest BCUT2D eigenvalue weighted by molar-refractivity contribution is 7.99. The second-order valence-corrected chi connectivity index (χ2v) is 8.22. The molecule has 0 saturated heterocycles. The fraction of sp³-hybridized carbons (Fsp3) is 0.304. The van der Waals surface area contributed by atoms with Crippen molar-refractivity contribution in [3.63, 3.8) is 0 Å². The number of benzene rings is 1. The molecular formula is C23H24N4O2S. The Hall–Kier alpha value is -2.93. The molecule has 1 N–H and O–H groups in total. The summed E-state index contributed by atoms with van der Waals surface area (Å²) < 4.78 is 1.73. The van der Waals surface area contributed by atoms with E-state index in [4.69, 9.17) is 0 Å². The van der Waals surface area contributed by atoms with Gasteiger partial charge in [-0.05, 0) is 43.4 Å². The zero-order valence-corrected chi connectivity index (χ0v) is 17.5. The largest absolute Gasteiger partial charge is 0.355 e. The van der Waals surface area contributed by atoms with Crippen LogP contribution in [-0.2, 0) is 30.6 Å². The fourth-order valence-electron chi connectivity index (χ4n) is 3.70. The van der Waals surface area contributed by atoms with Gasteiger partial charge < -0.3 is 5.32 Å². The van der Waals surface area contributed by atoms with Crippen LogP contribution in [0.1, 0.15) is 28.9 Å². The number of fused-ring (bicyclic) bond motifs is 1. The maximum Gasteiger partial charge on any atom is 0.349 e. The molecule has 0 spiro atoms. The summed E-state index contributed by atoms with van der Waals surface area (Å²) in [4.78, 5) is 33.6. The van der Waals surface area contributed by atoms with Gasteiger partial charge in [0.1, 0.15) is 5.03 Å². The Morgan fingerprint density at radius 3 is 2.73 bits per heavy atom. The summed E-state index contributed by atoms with van der Waals surface area (Å²) >= 11 is 1.36. The normalized spacial score (nSPS) is 12.5. The summed E-state index contributed by atoms with van der Waals surface area (Å²) in [5.41, 5.74) is 3.91. The molecular weight excluding hydrogens is 396 g/mol. The van der Waals surface area contributed by atoms with Crippen molar-refractivity contribution in [3.8, 4) is 0 Å². The van der Waals surface area contributed by atoms with Gasteiger partial charge in [-0.3, -0.25) is 14.3 Å². The SMILES string of the molecule is O=C(CSc1nc(=O)n(Cc2ccccn2)c2c1CCC2)NCCc1ccccc1. The molecule has 0 bridgehead atoms. The van der Waals surface area contributed by atoms with Gasteiger partial charge in [-0.1, -0.05) is 48.2 Å². The lowest BCUT2D eigenvalue weighted by atomic mass is 10.1. The summed E-state index contributed by atoms with van der Waals surface area (Å²) in [6.45, 7) is 1.03. The van der Waals surface area contributed by atoms with Gasteiger partial charge in [0.2, 0.25) is 5.91 Å². The van der Waals surface area contributed by atoms with E-state index in [-0.39, 0.29) is 17.3 Å². The van der Waals surface area contributed by atoms with Crippen molar-refractivity contribution in [2.45, 2.75) is 37.3 Å². The topological polar surface area (TPSA) is 76.9 Å². The molecule has 4 rings (SSSR count). The number of hydrogen-bond acceptors (Lipinski definition) is 5. The third-order valence-electron chi connectivity index (χ3n) is 5.17. The van der Waals surface area contributed by atoms with Crippen LogP contribution in [0.2, 0.25) is 0 Å². The lowest BCUT2D eigenvalue weighted by molar-refractivity contribution is -0.118. The van der Waals surface area contributed by atoms with E-state index in [0.29, 0.717) is 18.1 Å². The van der Waals surface area contributed by atoms with Gasteiger partial charge in [-0.2, -0.15) is 4.98 Å². The van der Waals surface area contributed by atoms with Gasteiger partial charge in [0.15, 0.2) is 0 Å². The number of nitrogens with zero attached hydrogens (tertiary/aromatic N) is 3. The minimum Gasteiger partial charge on any atom is -0.355 e. The highest BCUT2D eigenvalue weighted by Crippen LogP contribution is 2.29. The zero-order valence-electron chi connectivity index (χ0n) is 16.7. The van der Waals surface area contributed by atoms with E-state index in [0.717, 1.165) is 42.6 Å². The van der Waals surface area contributed by atoms with Crippen LogP contribution in [0, 0.1) is 0 Å². The van der Waals surface area contributed by atoms with E-state index in [1.54, 1.807) is 10.8 Å². The van der Waals surface area contributed by atoms with Gasteiger partial charge in [0.05, 0.1) is 18.0 Å². The lowest BCUT2D eigenvalue weighted by Gasteiger charge is -2.14. The van der Waals surface area contributed by atoms with Crippen LogP contribution in [-0.4, -0.2) is 32.7 Å². The number of rotatable bonds is 8. The number of amides is 1. The van der Waals surface area contributed by atoms with Crippen molar-refractivity contribution in [1.82, 2.24) is 19.9 Å². The molecule has 1 aliphatic rings. The van der Waals surface area contributed by atoms with Crippen LogP contribution >= 0.6 is 11.8 Å². The van der Waals surface area contributed by atoms with Crippen LogP contribution in [0.3, 0.4) is 0 Å². The molecule has 3 aromatic rings. The molecule has 0 saturated carbocycles. The third kappa shape index (κ3) is 4.97. The molecule has 0 atom stereocenters. The minimum absolute atomic E-state index is 0.0397. The fourth-order valence-corrected chi connectivity index (χ4v) is 4.60. The quantitative estimate of drug-likeness (QED) is 0.448. The number of carbonyl (C=O) groups is 1. The van der Waals surface area contributed by atoms with Crippen LogP contribution in [0.15, 0.2) is 64.5 Å². The summed E-state index contributed by atoms with van der Waals surface area (Å²) in [7, 11) is 0. The molecule has 0 radical (unpaired) electrons. The number of pyridine rings is 1. The molecule has 1 aliphatic carbocycles. The number of hydrogen-bond donors (Lipinski definition) is 1. The predicted octanol–water partition coefficient (Wildman–Crippen LogP) is 2.63. The van der Waals surface area contributed by atoms with Crippen molar-refractivity contribution in [3.05, 3.63) is 87.7 Å². The summed E-state index contributed by atoms with van der Waals surface area (Å²) in [6.07, 6.45) is 5.28. The molecule has 0 unspecified atom stereocenters. The monoisotopic (exact) mass is 420 g/mol.